The maximum absolute atomic E-state index is 12.4. The molecule has 2 bridgehead atoms. The molecule has 3 aliphatic heterocycles. The largest absolute Gasteiger partial charge is 0.348 e. The fraction of sp³-hybridized carbons (Fsp3) is 0.467. The highest BCUT2D eigenvalue weighted by Crippen LogP contribution is 2.27. The van der Waals surface area contributed by atoms with Crippen LogP contribution in [0.2, 0.25) is 0 Å². The van der Waals surface area contributed by atoms with Crippen LogP contribution in [0.25, 0.3) is 5.65 Å². The number of imidazole rings is 1. The molecule has 20 heavy (non-hydrogen) atoms. The lowest BCUT2D eigenvalue weighted by Gasteiger charge is -2.44. The molecule has 104 valence electrons. The molecule has 5 rings (SSSR count). The number of piperidine rings is 3. The van der Waals surface area contributed by atoms with Gasteiger partial charge in [-0.2, -0.15) is 0 Å². The summed E-state index contributed by atoms with van der Waals surface area (Å²) in [5.74, 6) is 0.674. The second-order valence-corrected chi connectivity index (χ2v) is 5.83. The van der Waals surface area contributed by atoms with Gasteiger partial charge in [0.15, 0.2) is 0 Å². The van der Waals surface area contributed by atoms with Crippen LogP contribution in [-0.2, 0) is 0 Å². The summed E-state index contributed by atoms with van der Waals surface area (Å²) in [6.45, 7) is 3.39. The van der Waals surface area contributed by atoms with Crippen molar-refractivity contribution in [3.63, 3.8) is 0 Å². The third kappa shape index (κ3) is 1.98. The van der Waals surface area contributed by atoms with Gasteiger partial charge in [0.2, 0.25) is 0 Å². The molecule has 0 radical (unpaired) electrons. The average molecular weight is 270 g/mol. The minimum Gasteiger partial charge on any atom is -0.348 e. The lowest BCUT2D eigenvalue weighted by atomic mass is 9.84. The third-order valence-corrected chi connectivity index (χ3v) is 4.63. The van der Waals surface area contributed by atoms with Gasteiger partial charge >= 0.3 is 0 Å². The van der Waals surface area contributed by atoms with Gasteiger partial charge in [0.1, 0.15) is 5.65 Å². The Kier molecular flexibility index (Phi) is 2.73. The van der Waals surface area contributed by atoms with E-state index in [1.165, 1.54) is 25.9 Å². The summed E-state index contributed by atoms with van der Waals surface area (Å²) in [6, 6.07) is 4.00. The molecule has 3 saturated heterocycles. The SMILES string of the molecule is O=C(NC1CN2CCC1CC2)c1ccn2ccnc2c1. The van der Waals surface area contributed by atoms with Crippen LogP contribution in [0.1, 0.15) is 23.2 Å². The van der Waals surface area contributed by atoms with Crippen molar-refractivity contribution in [2.45, 2.75) is 18.9 Å². The molecule has 1 unspecified atom stereocenters. The average Bonchev–Trinajstić information content (AvgIpc) is 2.96. The fourth-order valence-corrected chi connectivity index (χ4v) is 3.43. The van der Waals surface area contributed by atoms with Crippen LogP contribution in [0.15, 0.2) is 30.7 Å². The van der Waals surface area contributed by atoms with Gasteiger partial charge in [0, 0.05) is 36.7 Å². The minimum absolute atomic E-state index is 0.0225. The van der Waals surface area contributed by atoms with Crippen molar-refractivity contribution in [3.05, 3.63) is 36.3 Å². The molecule has 3 aliphatic rings. The molecule has 5 heterocycles. The number of carbonyl (C=O) groups excluding carboxylic acids is 1. The van der Waals surface area contributed by atoms with Crippen molar-refractivity contribution in [3.8, 4) is 0 Å². The van der Waals surface area contributed by atoms with Crippen LogP contribution in [0, 0.1) is 5.92 Å². The first-order valence-electron chi connectivity index (χ1n) is 7.25. The van der Waals surface area contributed by atoms with Gasteiger partial charge in [-0.3, -0.25) is 4.79 Å². The molecule has 0 aromatic carbocycles. The van der Waals surface area contributed by atoms with Crippen LogP contribution in [0.4, 0.5) is 0 Å². The van der Waals surface area contributed by atoms with Crippen molar-refractivity contribution in [1.29, 1.82) is 0 Å². The number of nitrogens with one attached hydrogen (secondary N) is 1. The fourth-order valence-electron chi connectivity index (χ4n) is 3.43. The molecule has 1 amide bonds. The summed E-state index contributed by atoms with van der Waals surface area (Å²) in [6.07, 6.45) is 7.93. The van der Waals surface area contributed by atoms with Gasteiger partial charge in [-0.25, -0.2) is 4.98 Å². The lowest BCUT2D eigenvalue weighted by molar-refractivity contribution is 0.0620. The molecule has 2 aromatic heterocycles. The molecule has 2 aromatic rings. The van der Waals surface area contributed by atoms with E-state index in [-0.39, 0.29) is 5.91 Å². The number of amides is 1. The molecule has 1 N–H and O–H groups in total. The van der Waals surface area contributed by atoms with Crippen LogP contribution in [0.3, 0.4) is 0 Å². The maximum Gasteiger partial charge on any atom is 0.251 e. The zero-order chi connectivity index (χ0) is 13.5. The number of nitrogens with zero attached hydrogens (tertiary/aromatic N) is 3. The summed E-state index contributed by atoms with van der Waals surface area (Å²) < 4.78 is 1.91. The van der Waals surface area contributed by atoms with E-state index in [0.717, 1.165) is 12.2 Å². The Labute approximate surface area is 117 Å². The van der Waals surface area contributed by atoms with E-state index in [9.17, 15) is 4.79 Å². The van der Waals surface area contributed by atoms with E-state index in [2.05, 4.69) is 15.2 Å². The van der Waals surface area contributed by atoms with E-state index in [1.54, 1.807) is 6.20 Å². The molecule has 0 aliphatic carbocycles. The summed E-state index contributed by atoms with van der Waals surface area (Å²) in [5.41, 5.74) is 1.51. The number of pyridine rings is 1. The quantitative estimate of drug-likeness (QED) is 0.891. The topological polar surface area (TPSA) is 49.6 Å². The van der Waals surface area contributed by atoms with Crippen LogP contribution in [0.5, 0.6) is 0 Å². The first-order chi connectivity index (χ1) is 9.79. The van der Waals surface area contributed by atoms with Crippen molar-refractivity contribution >= 4 is 11.6 Å². The Morgan fingerprint density at radius 2 is 2.15 bits per heavy atom. The highest BCUT2D eigenvalue weighted by Gasteiger charge is 2.34. The second kappa shape index (κ2) is 4.59. The van der Waals surface area contributed by atoms with Crippen LogP contribution in [-0.4, -0.2) is 45.9 Å². The predicted molar refractivity (Wildman–Crippen MR) is 75.6 cm³/mol. The van der Waals surface area contributed by atoms with E-state index < -0.39 is 0 Å². The third-order valence-electron chi connectivity index (χ3n) is 4.63. The molecule has 0 spiro atoms. The summed E-state index contributed by atoms with van der Waals surface area (Å²) in [4.78, 5) is 19.1. The number of aromatic nitrogens is 2. The molecule has 3 fully saturated rings. The number of hydrogen-bond acceptors (Lipinski definition) is 3. The number of fused-ring (bicyclic) bond motifs is 4. The van der Waals surface area contributed by atoms with Gasteiger partial charge in [-0.1, -0.05) is 0 Å². The summed E-state index contributed by atoms with van der Waals surface area (Å²) in [7, 11) is 0. The zero-order valence-corrected chi connectivity index (χ0v) is 11.3. The Balaban J connectivity index is 1.52. The molecular weight excluding hydrogens is 252 g/mol. The number of carbonyl (C=O) groups is 1. The Hall–Kier alpha value is -1.88. The van der Waals surface area contributed by atoms with E-state index in [4.69, 9.17) is 0 Å². The van der Waals surface area contributed by atoms with Crippen LogP contribution >= 0.6 is 0 Å². The first-order valence-corrected chi connectivity index (χ1v) is 7.25. The normalized spacial score (nSPS) is 28.7. The first kappa shape index (κ1) is 11.9. The van der Waals surface area contributed by atoms with E-state index in [1.807, 2.05) is 28.9 Å². The minimum atomic E-state index is 0.0225. The maximum atomic E-state index is 12.4. The second-order valence-electron chi connectivity index (χ2n) is 5.83. The lowest BCUT2D eigenvalue weighted by Crippen LogP contribution is -2.57. The van der Waals surface area contributed by atoms with Gasteiger partial charge in [-0.05, 0) is 44.0 Å². The standard InChI is InChI=1S/C15H18N4O/c20-15(12-3-7-19-8-4-16-14(19)9-12)17-13-10-18-5-1-11(13)2-6-18/h3-4,7-9,11,13H,1-2,5-6,10H2,(H,17,20). The van der Waals surface area contributed by atoms with Gasteiger partial charge in [0.05, 0.1) is 0 Å². The monoisotopic (exact) mass is 270 g/mol. The van der Waals surface area contributed by atoms with Crippen molar-refractivity contribution in [2.75, 3.05) is 19.6 Å². The summed E-state index contributed by atoms with van der Waals surface area (Å²) in [5, 5.41) is 3.21. The smallest absolute Gasteiger partial charge is 0.251 e. The van der Waals surface area contributed by atoms with Crippen LogP contribution < -0.4 is 5.32 Å². The Bertz CT molecular complexity index is 642. The zero-order valence-electron chi connectivity index (χ0n) is 11.3. The highest BCUT2D eigenvalue weighted by atomic mass is 16.1. The van der Waals surface area contributed by atoms with E-state index >= 15 is 0 Å². The molecular formula is C15H18N4O. The molecule has 1 atom stereocenters. The number of hydrogen-bond donors (Lipinski definition) is 1. The molecule has 0 saturated carbocycles. The summed E-state index contributed by atoms with van der Waals surface area (Å²) >= 11 is 0. The molecule has 5 nitrogen and oxygen atoms in total. The van der Waals surface area contributed by atoms with Gasteiger partial charge in [-0.15, -0.1) is 0 Å². The van der Waals surface area contributed by atoms with Crippen molar-refractivity contribution < 1.29 is 4.79 Å². The predicted octanol–water partition coefficient (Wildman–Crippen LogP) is 1.16. The van der Waals surface area contributed by atoms with Gasteiger partial charge < -0.3 is 14.6 Å². The van der Waals surface area contributed by atoms with Gasteiger partial charge in [0.25, 0.3) is 5.91 Å². The Morgan fingerprint density at radius 3 is 2.90 bits per heavy atom. The molecule has 5 heteroatoms. The Morgan fingerprint density at radius 1 is 1.30 bits per heavy atom. The highest BCUT2D eigenvalue weighted by molar-refractivity contribution is 5.95. The van der Waals surface area contributed by atoms with E-state index in [0.29, 0.717) is 17.5 Å². The van der Waals surface area contributed by atoms with Crippen molar-refractivity contribution in [2.24, 2.45) is 5.92 Å². The number of rotatable bonds is 2. The van der Waals surface area contributed by atoms with Crippen molar-refractivity contribution in [1.82, 2.24) is 19.6 Å².